The molecule has 0 unspecified atom stereocenters. The van der Waals surface area contributed by atoms with Gasteiger partial charge >= 0.3 is 5.97 Å². The number of carboxylic acid groups (broad SMARTS) is 1. The topological polar surface area (TPSA) is 84.9 Å². The van der Waals surface area contributed by atoms with E-state index in [1.807, 2.05) is 12.1 Å². The van der Waals surface area contributed by atoms with E-state index in [4.69, 9.17) is 14.6 Å². The van der Waals surface area contributed by atoms with Crippen LogP contribution in [0.2, 0.25) is 0 Å². The summed E-state index contributed by atoms with van der Waals surface area (Å²) in [6.07, 6.45) is 3.06. The molecular weight excluding hydrogens is 298 g/mol. The van der Waals surface area contributed by atoms with Crippen molar-refractivity contribution in [1.82, 2.24) is 5.32 Å². The van der Waals surface area contributed by atoms with Gasteiger partial charge in [-0.2, -0.15) is 0 Å². The molecule has 6 heteroatoms. The molecule has 1 aromatic carbocycles. The van der Waals surface area contributed by atoms with E-state index in [0.717, 1.165) is 18.4 Å². The molecule has 0 aliphatic heterocycles. The summed E-state index contributed by atoms with van der Waals surface area (Å²) in [6, 6.07) is 5.26. The maximum absolute atomic E-state index is 12.1. The van der Waals surface area contributed by atoms with Crippen LogP contribution in [0.5, 0.6) is 11.5 Å². The van der Waals surface area contributed by atoms with Crippen molar-refractivity contribution in [1.29, 1.82) is 0 Å². The number of methoxy groups -OCH3 is 2. The van der Waals surface area contributed by atoms with E-state index in [0.29, 0.717) is 30.8 Å². The van der Waals surface area contributed by atoms with Gasteiger partial charge in [0, 0.05) is 18.5 Å². The molecule has 2 atom stereocenters. The molecule has 1 saturated carbocycles. The molecule has 6 nitrogen and oxygen atoms in total. The summed E-state index contributed by atoms with van der Waals surface area (Å²) in [7, 11) is 3.16. The van der Waals surface area contributed by atoms with E-state index < -0.39 is 11.9 Å². The van der Waals surface area contributed by atoms with E-state index in [2.05, 4.69) is 5.32 Å². The highest BCUT2D eigenvalue weighted by Gasteiger charge is 2.33. The van der Waals surface area contributed by atoms with E-state index in [1.165, 1.54) is 0 Å². The van der Waals surface area contributed by atoms with Crippen molar-refractivity contribution in [2.45, 2.75) is 38.1 Å². The zero-order chi connectivity index (χ0) is 16.8. The van der Waals surface area contributed by atoms with Crippen LogP contribution in [0.4, 0.5) is 0 Å². The number of aryl methyl sites for hydroxylation is 1. The Bertz CT molecular complexity index is 550. The number of carbonyl (C=O) groups excluding carboxylic acids is 1. The molecule has 1 aromatic rings. The number of benzene rings is 1. The van der Waals surface area contributed by atoms with E-state index in [-0.39, 0.29) is 11.9 Å². The molecule has 1 amide bonds. The van der Waals surface area contributed by atoms with Gasteiger partial charge in [-0.3, -0.25) is 9.59 Å². The lowest BCUT2D eigenvalue weighted by Gasteiger charge is -2.17. The standard InChI is InChI=1S/C17H23NO5/c1-22-12-8-11(9-13(10-12)23-2)6-7-16(19)18-15-5-3-4-14(15)17(20)21/h8-10,14-15H,3-7H2,1-2H3,(H,18,19)(H,20,21)/t14-,15+/m0/s1. The Kier molecular flexibility index (Phi) is 5.84. The minimum absolute atomic E-state index is 0.120. The molecule has 1 aliphatic carbocycles. The number of rotatable bonds is 7. The predicted octanol–water partition coefficient (Wildman–Crippen LogP) is 2.01. The summed E-state index contributed by atoms with van der Waals surface area (Å²) >= 11 is 0. The summed E-state index contributed by atoms with van der Waals surface area (Å²) in [4.78, 5) is 23.2. The monoisotopic (exact) mass is 321 g/mol. The Morgan fingerprint density at radius 2 is 1.83 bits per heavy atom. The van der Waals surface area contributed by atoms with Gasteiger partial charge in [0.1, 0.15) is 11.5 Å². The summed E-state index contributed by atoms with van der Waals surface area (Å²) in [5.41, 5.74) is 0.942. The van der Waals surface area contributed by atoms with E-state index >= 15 is 0 Å². The molecular formula is C17H23NO5. The predicted molar refractivity (Wildman–Crippen MR) is 84.8 cm³/mol. The van der Waals surface area contributed by atoms with Gasteiger partial charge in [-0.1, -0.05) is 6.42 Å². The van der Waals surface area contributed by atoms with Crippen molar-refractivity contribution in [3.8, 4) is 11.5 Å². The Labute approximate surface area is 135 Å². The normalized spacial score (nSPS) is 20.1. The zero-order valence-corrected chi connectivity index (χ0v) is 13.5. The van der Waals surface area contributed by atoms with Crippen LogP contribution < -0.4 is 14.8 Å². The molecule has 23 heavy (non-hydrogen) atoms. The quantitative estimate of drug-likeness (QED) is 0.802. The highest BCUT2D eigenvalue weighted by Crippen LogP contribution is 2.26. The molecule has 1 aliphatic rings. The first-order chi connectivity index (χ1) is 11.0. The Hall–Kier alpha value is -2.24. The average molecular weight is 321 g/mol. The minimum atomic E-state index is -0.828. The van der Waals surface area contributed by atoms with Crippen LogP contribution >= 0.6 is 0 Å². The fraction of sp³-hybridized carbons (Fsp3) is 0.529. The van der Waals surface area contributed by atoms with Crippen LogP contribution in [-0.4, -0.2) is 37.2 Å². The lowest BCUT2D eigenvalue weighted by Crippen LogP contribution is -2.40. The molecule has 0 radical (unpaired) electrons. The molecule has 2 N–H and O–H groups in total. The lowest BCUT2D eigenvalue weighted by atomic mass is 10.0. The van der Waals surface area contributed by atoms with Crippen LogP contribution in [0.25, 0.3) is 0 Å². The molecule has 126 valence electrons. The van der Waals surface area contributed by atoms with Gasteiger partial charge in [-0.15, -0.1) is 0 Å². The largest absolute Gasteiger partial charge is 0.497 e. The summed E-state index contributed by atoms with van der Waals surface area (Å²) < 4.78 is 10.4. The van der Waals surface area contributed by atoms with E-state index in [1.54, 1.807) is 20.3 Å². The molecule has 1 fully saturated rings. The van der Waals surface area contributed by atoms with Crippen LogP contribution in [0.3, 0.4) is 0 Å². The fourth-order valence-corrected chi connectivity index (χ4v) is 2.98. The first-order valence-electron chi connectivity index (χ1n) is 7.77. The van der Waals surface area contributed by atoms with Gasteiger partial charge < -0.3 is 19.9 Å². The van der Waals surface area contributed by atoms with Crippen molar-refractivity contribution in [3.63, 3.8) is 0 Å². The number of carbonyl (C=O) groups is 2. The van der Waals surface area contributed by atoms with E-state index in [9.17, 15) is 9.59 Å². The SMILES string of the molecule is COc1cc(CCC(=O)N[C@@H]2CCC[C@@H]2C(=O)O)cc(OC)c1. The molecule has 0 bridgehead atoms. The number of amides is 1. The van der Waals surface area contributed by atoms with Gasteiger partial charge in [0.15, 0.2) is 0 Å². The third kappa shape index (κ3) is 4.61. The number of aliphatic carboxylic acids is 1. The summed E-state index contributed by atoms with van der Waals surface area (Å²) in [5.74, 6) is -0.0471. The van der Waals surface area contributed by atoms with Crippen molar-refractivity contribution in [3.05, 3.63) is 23.8 Å². The van der Waals surface area contributed by atoms with Crippen LogP contribution in [-0.2, 0) is 16.0 Å². The van der Waals surface area contributed by atoms with Crippen LogP contribution in [0, 0.1) is 5.92 Å². The average Bonchev–Trinajstić information content (AvgIpc) is 3.00. The maximum Gasteiger partial charge on any atom is 0.308 e. The third-order valence-corrected chi connectivity index (χ3v) is 4.23. The van der Waals surface area contributed by atoms with Crippen molar-refractivity contribution >= 4 is 11.9 Å². The first kappa shape index (κ1) is 17.1. The highest BCUT2D eigenvalue weighted by atomic mass is 16.5. The fourth-order valence-electron chi connectivity index (χ4n) is 2.98. The Morgan fingerprint density at radius 1 is 1.17 bits per heavy atom. The number of hydrogen-bond acceptors (Lipinski definition) is 4. The maximum atomic E-state index is 12.1. The third-order valence-electron chi connectivity index (χ3n) is 4.23. The second-order valence-electron chi connectivity index (χ2n) is 5.77. The van der Waals surface area contributed by atoms with Crippen molar-refractivity contribution in [2.24, 2.45) is 5.92 Å². The summed E-state index contributed by atoms with van der Waals surface area (Å²) in [5, 5.41) is 12.0. The van der Waals surface area contributed by atoms with Gasteiger partial charge in [0.2, 0.25) is 5.91 Å². The number of ether oxygens (including phenoxy) is 2. The second kappa shape index (κ2) is 7.85. The number of hydrogen-bond donors (Lipinski definition) is 2. The zero-order valence-electron chi connectivity index (χ0n) is 13.5. The van der Waals surface area contributed by atoms with Crippen molar-refractivity contribution < 1.29 is 24.2 Å². The van der Waals surface area contributed by atoms with Crippen LogP contribution in [0.1, 0.15) is 31.2 Å². The van der Waals surface area contributed by atoms with Gasteiger partial charge in [0.05, 0.1) is 20.1 Å². The lowest BCUT2D eigenvalue weighted by molar-refractivity contribution is -0.142. The van der Waals surface area contributed by atoms with Gasteiger partial charge in [-0.05, 0) is 37.0 Å². The van der Waals surface area contributed by atoms with Crippen LogP contribution in [0.15, 0.2) is 18.2 Å². The smallest absolute Gasteiger partial charge is 0.308 e. The molecule has 2 rings (SSSR count). The number of nitrogens with one attached hydrogen (secondary N) is 1. The van der Waals surface area contributed by atoms with Crippen molar-refractivity contribution in [2.75, 3.05) is 14.2 Å². The molecule has 0 heterocycles. The molecule has 0 aromatic heterocycles. The van der Waals surface area contributed by atoms with Gasteiger partial charge in [-0.25, -0.2) is 0 Å². The first-order valence-corrected chi connectivity index (χ1v) is 7.77. The van der Waals surface area contributed by atoms with Gasteiger partial charge in [0.25, 0.3) is 0 Å². The number of carboxylic acids is 1. The summed E-state index contributed by atoms with van der Waals surface area (Å²) in [6.45, 7) is 0. The molecule has 0 saturated heterocycles. The highest BCUT2D eigenvalue weighted by molar-refractivity contribution is 5.78. The molecule has 0 spiro atoms. The second-order valence-corrected chi connectivity index (χ2v) is 5.77. The minimum Gasteiger partial charge on any atom is -0.497 e. The Balaban J connectivity index is 1.90. The Morgan fingerprint density at radius 3 is 2.39 bits per heavy atom.